The van der Waals surface area contributed by atoms with Crippen molar-refractivity contribution in [3.8, 4) is 0 Å². The minimum atomic E-state index is -4.19. The molecule has 2 atom stereocenters. The van der Waals surface area contributed by atoms with E-state index in [9.17, 15) is 23.1 Å². The molecule has 8 heteroatoms. The van der Waals surface area contributed by atoms with Gasteiger partial charge in [-0.3, -0.25) is 9.69 Å². The molecule has 2 saturated heterocycles. The molecular weight excluding hydrogens is 301 g/mol. The Balaban J connectivity index is 1.87. The van der Waals surface area contributed by atoms with Crippen molar-refractivity contribution in [1.82, 2.24) is 9.80 Å². The minimum absolute atomic E-state index is 0.0646. The zero-order chi connectivity index (χ0) is 16.3. The van der Waals surface area contributed by atoms with Crippen LogP contribution in [0.2, 0.25) is 0 Å². The lowest BCUT2D eigenvalue weighted by molar-refractivity contribution is -0.151. The van der Waals surface area contributed by atoms with E-state index < -0.39 is 12.7 Å². The number of hydrogen-bond acceptors (Lipinski definition) is 4. The fraction of sp³-hybridized carbons (Fsp3) is 0.929. The van der Waals surface area contributed by atoms with Crippen LogP contribution >= 0.6 is 0 Å². The topological polar surface area (TPSA) is 53.0 Å². The number of alkyl halides is 3. The maximum atomic E-state index is 12.5. The molecule has 0 unspecified atom stereocenters. The summed E-state index contributed by atoms with van der Waals surface area (Å²) in [5.74, 6) is -0.320. The molecule has 2 aliphatic heterocycles. The fourth-order valence-electron chi connectivity index (χ4n) is 3.31. The Morgan fingerprint density at radius 2 is 1.95 bits per heavy atom. The van der Waals surface area contributed by atoms with Crippen molar-refractivity contribution >= 4 is 5.91 Å². The molecule has 1 amide bonds. The van der Waals surface area contributed by atoms with E-state index >= 15 is 0 Å². The first-order valence-electron chi connectivity index (χ1n) is 7.57. The zero-order valence-corrected chi connectivity index (χ0v) is 12.7. The van der Waals surface area contributed by atoms with Crippen molar-refractivity contribution in [1.29, 1.82) is 0 Å². The Bertz CT molecular complexity index is 384. The Kier molecular flexibility index (Phi) is 5.68. The van der Waals surface area contributed by atoms with Gasteiger partial charge < -0.3 is 14.7 Å². The van der Waals surface area contributed by atoms with E-state index in [1.165, 1.54) is 4.90 Å². The summed E-state index contributed by atoms with van der Waals surface area (Å²) >= 11 is 0. The molecule has 2 rings (SSSR count). The fourth-order valence-corrected chi connectivity index (χ4v) is 3.31. The number of rotatable bonds is 4. The van der Waals surface area contributed by atoms with E-state index in [1.807, 2.05) is 0 Å². The van der Waals surface area contributed by atoms with Crippen LogP contribution in [-0.2, 0) is 9.53 Å². The third-order valence-electron chi connectivity index (χ3n) is 4.54. The second-order valence-electron chi connectivity index (χ2n) is 6.09. The van der Waals surface area contributed by atoms with E-state index in [2.05, 4.69) is 0 Å². The molecule has 0 bridgehead atoms. The molecule has 0 saturated carbocycles. The van der Waals surface area contributed by atoms with Crippen LogP contribution in [0, 0.1) is 5.92 Å². The van der Waals surface area contributed by atoms with Crippen molar-refractivity contribution in [2.45, 2.75) is 37.6 Å². The van der Waals surface area contributed by atoms with E-state index in [1.54, 1.807) is 12.0 Å². The maximum absolute atomic E-state index is 12.5. The summed E-state index contributed by atoms with van der Waals surface area (Å²) in [5.41, 5.74) is 0. The average Bonchev–Trinajstić information content (AvgIpc) is 2.89. The number of aliphatic hydroxyl groups excluding tert-OH is 1. The van der Waals surface area contributed by atoms with Gasteiger partial charge in [-0.15, -0.1) is 0 Å². The standard InChI is InChI=1S/C14H23F3N2O3/c1-22-12-6-11(8-20)19(7-12)13(21)10-2-4-18(5-3-10)9-14(15,16)17/h10-12,20H,2-9H2,1H3/t11-,12-/m0/s1. The quantitative estimate of drug-likeness (QED) is 0.834. The van der Waals surface area contributed by atoms with Crippen molar-refractivity contribution in [3.05, 3.63) is 0 Å². The summed E-state index contributed by atoms with van der Waals surface area (Å²) in [6.45, 7) is -0.0208. The Morgan fingerprint density at radius 3 is 2.45 bits per heavy atom. The molecule has 128 valence electrons. The van der Waals surface area contributed by atoms with Gasteiger partial charge >= 0.3 is 6.18 Å². The summed E-state index contributed by atoms with van der Waals surface area (Å²) in [4.78, 5) is 15.5. The SMILES string of the molecule is CO[C@H]1C[C@@H](CO)N(C(=O)C2CCN(CC(F)(F)F)CC2)C1. The summed E-state index contributed by atoms with van der Waals surface area (Å²) in [6.07, 6.45) is -2.81. The molecule has 0 spiro atoms. The van der Waals surface area contributed by atoms with Gasteiger partial charge in [0.1, 0.15) is 0 Å². The van der Waals surface area contributed by atoms with E-state index in [4.69, 9.17) is 4.74 Å². The summed E-state index contributed by atoms with van der Waals surface area (Å²) in [7, 11) is 1.57. The van der Waals surface area contributed by atoms with Crippen molar-refractivity contribution < 1.29 is 27.8 Å². The number of piperidine rings is 1. The molecule has 0 aliphatic carbocycles. The number of carbonyl (C=O) groups is 1. The molecule has 0 radical (unpaired) electrons. The van der Waals surface area contributed by atoms with Crippen LogP contribution in [0.15, 0.2) is 0 Å². The van der Waals surface area contributed by atoms with Gasteiger partial charge in [0.25, 0.3) is 0 Å². The van der Waals surface area contributed by atoms with E-state index in [-0.39, 0.29) is 43.7 Å². The van der Waals surface area contributed by atoms with Gasteiger partial charge in [-0.25, -0.2) is 0 Å². The van der Waals surface area contributed by atoms with Gasteiger partial charge in [-0.1, -0.05) is 0 Å². The number of likely N-dealkylation sites (tertiary alicyclic amines) is 2. The monoisotopic (exact) mass is 324 g/mol. The summed E-state index contributed by atoms with van der Waals surface area (Å²) in [6, 6.07) is -0.245. The van der Waals surface area contributed by atoms with Crippen molar-refractivity contribution in [2.75, 3.05) is 39.9 Å². The third-order valence-corrected chi connectivity index (χ3v) is 4.54. The molecular formula is C14H23F3N2O3. The summed E-state index contributed by atoms with van der Waals surface area (Å²) < 4.78 is 42.3. The zero-order valence-electron chi connectivity index (χ0n) is 12.7. The lowest BCUT2D eigenvalue weighted by atomic mass is 9.95. The highest BCUT2D eigenvalue weighted by Crippen LogP contribution is 2.27. The smallest absolute Gasteiger partial charge is 0.394 e. The Labute approximate surface area is 128 Å². The van der Waals surface area contributed by atoms with Crippen molar-refractivity contribution in [3.63, 3.8) is 0 Å². The van der Waals surface area contributed by atoms with Crippen LogP contribution in [0.25, 0.3) is 0 Å². The predicted octanol–water partition coefficient (Wildman–Crippen LogP) is 0.869. The van der Waals surface area contributed by atoms with Crippen LogP contribution in [-0.4, -0.2) is 79.0 Å². The molecule has 1 N–H and O–H groups in total. The van der Waals surface area contributed by atoms with E-state index in [0.717, 1.165) is 0 Å². The number of nitrogens with zero attached hydrogens (tertiary/aromatic N) is 2. The second-order valence-corrected chi connectivity index (χ2v) is 6.09. The van der Waals surface area contributed by atoms with Crippen LogP contribution in [0.5, 0.6) is 0 Å². The molecule has 2 fully saturated rings. The summed E-state index contributed by atoms with van der Waals surface area (Å²) in [5, 5.41) is 9.38. The predicted molar refractivity (Wildman–Crippen MR) is 73.2 cm³/mol. The van der Waals surface area contributed by atoms with Crippen molar-refractivity contribution in [2.24, 2.45) is 5.92 Å². The molecule has 5 nitrogen and oxygen atoms in total. The molecule has 22 heavy (non-hydrogen) atoms. The number of amides is 1. The first kappa shape index (κ1) is 17.5. The molecule has 0 aromatic rings. The lowest BCUT2D eigenvalue weighted by Gasteiger charge is -2.34. The highest BCUT2D eigenvalue weighted by atomic mass is 19.4. The highest BCUT2D eigenvalue weighted by Gasteiger charge is 2.39. The van der Waals surface area contributed by atoms with Gasteiger partial charge in [0.15, 0.2) is 0 Å². The molecule has 2 heterocycles. The van der Waals surface area contributed by atoms with Crippen LogP contribution < -0.4 is 0 Å². The average molecular weight is 324 g/mol. The highest BCUT2D eigenvalue weighted by molar-refractivity contribution is 5.79. The van der Waals surface area contributed by atoms with Gasteiger partial charge in [-0.05, 0) is 32.4 Å². The number of ether oxygens (including phenoxy) is 1. The first-order chi connectivity index (χ1) is 10.3. The maximum Gasteiger partial charge on any atom is 0.401 e. The van der Waals surface area contributed by atoms with Gasteiger partial charge in [0.2, 0.25) is 5.91 Å². The molecule has 0 aromatic carbocycles. The van der Waals surface area contributed by atoms with Gasteiger partial charge in [0, 0.05) is 19.6 Å². The largest absolute Gasteiger partial charge is 0.401 e. The van der Waals surface area contributed by atoms with Crippen LogP contribution in [0.4, 0.5) is 13.2 Å². The number of carbonyl (C=O) groups excluding carboxylic acids is 1. The first-order valence-corrected chi connectivity index (χ1v) is 7.57. The Hall–Kier alpha value is -0.860. The van der Waals surface area contributed by atoms with E-state index in [0.29, 0.717) is 25.8 Å². The molecule has 2 aliphatic rings. The second kappa shape index (κ2) is 7.14. The number of hydrogen-bond donors (Lipinski definition) is 1. The Morgan fingerprint density at radius 1 is 1.32 bits per heavy atom. The number of halogens is 3. The van der Waals surface area contributed by atoms with Gasteiger partial charge in [-0.2, -0.15) is 13.2 Å². The van der Waals surface area contributed by atoms with Gasteiger partial charge in [0.05, 0.1) is 25.3 Å². The molecule has 0 aromatic heterocycles. The third kappa shape index (κ3) is 4.33. The number of aliphatic hydroxyl groups is 1. The number of methoxy groups -OCH3 is 1. The normalized spacial score (nSPS) is 28.3. The lowest BCUT2D eigenvalue weighted by Crippen LogP contribution is -2.47. The van der Waals surface area contributed by atoms with Crippen LogP contribution in [0.1, 0.15) is 19.3 Å². The van der Waals surface area contributed by atoms with Crippen LogP contribution in [0.3, 0.4) is 0 Å². The minimum Gasteiger partial charge on any atom is -0.394 e.